The van der Waals surface area contributed by atoms with Crippen LogP contribution in [0.4, 0.5) is 22.2 Å². The van der Waals surface area contributed by atoms with E-state index in [0.29, 0.717) is 18.9 Å². The molecule has 2 aliphatic rings. The molecule has 0 unspecified atom stereocenters. The summed E-state index contributed by atoms with van der Waals surface area (Å²) in [5.41, 5.74) is 4.61. The molecular formula is C23H25N7O3. The van der Waals surface area contributed by atoms with Crippen molar-refractivity contribution in [2.45, 2.75) is 26.1 Å². The summed E-state index contributed by atoms with van der Waals surface area (Å²) < 4.78 is 5.56. The number of ether oxygens (including phenoxy) is 1. The lowest BCUT2D eigenvalue weighted by Crippen LogP contribution is -2.44. The molecule has 5 rings (SSSR count). The van der Waals surface area contributed by atoms with Crippen molar-refractivity contribution in [1.82, 2.24) is 20.3 Å². The van der Waals surface area contributed by atoms with Gasteiger partial charge in [-0.05, 0) is 25.1 Å². The average molecular weight is 447 g/mol. The number of carbonyl (C=O) groups excluding carboxylic acids is 1. The number of hydrogen-bond donors (Lipinski definition) is 4. The van der Waals surface area contributed by atoms with Crippen molar-refractivity contribution in [2.75, 3.05) is 35.3 Å². The summed E-state index contributed by atoms with van der Waals surface area (Å²) in [5.74, 6) is 0.830. The van der Waals surface area contributed by atoms with E-state index in [2.05, 4.69) is 32.8 Å². The molecule has 0 radical (unpaired) electrons. The molecule has 2 aromatic heterocycles. The van der Waals surface area contributed by atoms with Crippen molar-refractivity contribution in [1.29, 1.82) is 0 Å². The van der Waals surface area contributed by atoms with Gasteiger partial charge in [-0.3, -0.25) is 5.32 Å². The van der Waals surface area contributed by atoms with E-state index in [0.717, 1.165) is 48.1 Å². The highest BCUT2D eigenvalue weighted by Gasteiger charge is 2.26. The summed E-state index contributed by atoms with van der Waals surface area (Å²) in [6.45, 7) is 5.65. The number of carbonyl (C=O) groups is 1. The zero-order chi connectivity index (χ0) is 22.8. The smallest absolute Gasteiger partial charge is 0.324 e. The molecule has 4 N–H and O–H groups in total. The summed E-state index contributed by atoms with van der Waals surface area (Å²) >= 11 is 0. The molecule has 1 saturated heterocycles. The number of anilines is 3. The molecule has 10 nitrogen and oxygen atoms in total. The Morgan fingerprint density at radius 3 is 2.76 bits per heavy atom. The summed E-state index contributed by atoms with van der Waals surface area (Å²) in [5, 5.41) is 18.2. The fraction of sp³-hybridized carbons (Fsp3) is 0.304. The van der Waals surface area contributed by atoms with Gasteiger partial charge in [0.1, 0.15) is 5.82 Å². The first-order valence-electron chi connectivity index (χ1n) is 10.9. The minimum absolute atomic E-state index is 0.158. The van der Waals surface area contributed by atoms with Crippen LogP contribution in [-0.4, -0.2) is 51.9 Å². The third kappa shape index (κ3) is 4.57. The Labute approximate surface area is 191 Å². The number of morpholine rings is 1. The monoisotopic (exact) mass is 447 g/mol. The summed E-state index contributed by atoms with van der Waals surface area (Å²) in [7, 11) is 0. The number of amides is 2. The van der Waals surface area contributed by atoms with Crippen LogP contribution in [-0.2, 0) is 17.8 Å². The minimum atomic E-state index is -0.448. The first kappa shape index (κ1) is 21.1. The van der Waals surface area contributed by atoms with E-state index in [-0.39, 0.29) is 17.7 Å². The molecular weight excluding hydrogens is 422 g/mol. The Bertz CT molecular complexity index is 1170. The molecule has 170 valence electrons. The zero-order valence-corrected chi connectivity index (χ0v) is 18.2. The molecule has 0 bridgehead atoms. The number of benzene rings is 1. The van der Waals surface area contributed by atoms with Crippen molar-refractivity contribution in [3.05, 3.63) is 53.7 Å². The van der Waals surface area contributed by atoms with Gasteiger partial charge in [0, 0.05) is 42.5 Å². The van der Waals surface area contributed by atoms with Gasteiger partial charge in [-0.15, -0.1) is 0 Å². The molecule has 10 heteroatoms. The Morgan fingerprint density at radius 1 is 1.12 bits per heavy atom. The molecule has 3 aromatic rings. The van der Waals surface area contributed by atoms with E-state index in [9.17, 15) is 9.90 Å². The Balaban J connectivity index is 1.36. The molecule has 2 aliphatic heterocycles. The van der Waals surface area contributed by atoms with Gasteiger partial charge in [0.2, 0.25) is 11.8 Å². The van der Waals surface area contributed by atoms with Crippen LogP contribution >= 0.6 is 0 Å². The number of aromatic hydroxyl groups is 1. The number of nitrogens with zero attached hydrogens (tertiary/aromatic N) is 4. The lowest BCUT2D eigenvalue weighted by Gasteiger charge is -2.33. The normalized spacial score (nSPS) is 17.5. The maximum atomic E-state index is 12.3. The number of pyridine rings is 1. The zero-order valence-electron chi connectivity index (χ0n) is 18.2. The van der Waals surface area contributed by atoms with Gasteiger partial charge in [-0.2, -0.15) is 4.98 Å². The Hall–Kier alpha value is -3.76. The lowest BCUT2D eigenvalue weighted by molar-refractivity contribution is 0.0981. The molecule has 1 atom stereocenters. The van der Waals surface area contributed by atoms with Crippen LogP contribution in [0.2, 0.25) is 0 Å². The van der Waals surface area contributed by atoms with Gasteiger partial charge in [-0.1, -0.05) is 18.2 Å². The molecule has 1 fully saturated rings. The van der Waals surface area contributed by atoms with Crippen molar-refractivity contribution in [3.8, 4) is 17.1 Å². The predicted molar refractivity (Wildman–Crippen MR) is 124 cm³/mol. The van der Waals surface area contributed by atoms with Gasteiger partial charge in [-0.25, -0.2) is 14.8 Å². The summed E-state index contributed by atoms with van der Waals surface area (Å²) in [4.78, 5) is 28.1. The molecule has 0 aliphatic carbocycles. The first-order valence-corrected chi connectivity index (χ1v) is 10.9. The maximum absolute atomic E-state index is 12.3. The maximum Gasteiger partial charge on any atom is 0.324 e. The van der Waals surface area contributed by atoms with Crippen LogP contribution < -0.4 is 20.9 Å². The third-order valence-corrected chi connectivity index (χ3v) is 5.69. The Morgan fingerprint density at radius 2 is 1.97 bits per heavy atom. The van der Waals surface area contributed by atoms with Crippen LogP contribution in [0.15, 0.2) is 42.5 Å². The number of rotatable bonds is 4. The van der Waals surface area contributed by atoms with E-state index >= 15 is 0 Å². The Kier molecular flexibility index (Phi) is 5.76. The summed E-state index contributed by atoms with van der Waals surface area (Å²) in [6.07, 6.45) is 0. The third-order valence-electron chi connectivity index (χ3n) is 5.69. The molecule has 0 spiro atoms. The van der Waals surface area contributed by atoms with E-state index in [4.69, 9.17) is 14.7 Å². The highest BCUT2D eigenvalue weighted by atomic mass is 16.5. The minimum Gasteiger partial charge on any atom is -0.493 e. The van der Waals surface area contributed by atoms with Crippen LogP contribution in [0.5, 0.6) is 5.88 Å². The fourth-order valence-electron chi connectivity index (χ4n) is 4.03. The van der Waals surface area contributed by atoms with Crippen LogP contribution in [0.25, 0.3) is 11.3 Å². The number of nitrogens with one attached hydrogen (secondary N) is 3. The van der Waals surface area contributed by atoms with Gasteiger partial charge in [0.25, 0.3) is 0 Å². The van der Waals surface area contributed by atoms with Crippen molar-refractivity contribution >= 4 is 23.5 Å². The van der Waals surface area contributed by atoms with Gasteiger partial charge in [0.15, 0.2) is 0 Å². The number of hydrogen-bond acceptors (Lipinski definition) is 8. The summed E-state index contributed by atoms with van der Waals surface area (Å²) in [6, 6.07) is 11.9. The number of fused-ring (bicyclic) bond motifs is 1. The molecule has 0 saturated carbocycles. The average Bonchev–Trinajstić information content (AvgIpc) is 3.28. The van der Waals surface area contributed by atoms with Gasteiger partial charge >= 0.3 is 6.03 Å². The highest BCUT2D eigenvalue weighted by Crippen LogP contribution is 2.30. The molecule has 1 aromatic carbocycles. The quantitative estimate of drug-likeness (QED) is 0.481. The van der Waals surface area contributed by atoms with E-state index in [1.807, 2.05) is 24.3 Å². The topological polar surface area (TPSA) is 125 Å². The van der Waals surface area contributed by atoms with Crippen LogP contribution in [0, 0.1) is 0 Å². The molecule has 33 heavy (non-hydrogen) atoms. The fourth-order valence-corrected chi connectivity index (χ4v) is 4.03. The second kappa shape index (κ2) is 9.00. The van der Waals surface area contributed by atoms with Crippen LogP contribution in [0.3, 0.4) is 0 Å². The van der Waals surface area contributed by atoms with Crippen molar-refractivity contribution < 1.29 is 14.6 Å². The predicted octanol–water partition coefficient (Wildman–Crippen LogP) is 2.72. The van der Waals surface area contributed by atoms with Crippen LogP contribution in [0.1, 0.15) is 18.2 Å². The SMILES string of the molecule is C[C@H]1COCCN1c1nc2c(c(-c3ccc(NC(=O)Nc4cccc(O)n4)cc3)n1)CNC2. The largest absolute Gasteiger partial charge is 0.493 e. The molecule has 4 heterocycles. The number of urea groups is 1. The standard InChI is InChI=1S/C23H25N7O3/c1-14-13-33-10-9-30(14)22-26-18-12-24-11-17(18)21(29-22)15-5-7-16(8-6-15)25-23(32)28-19-3-2-4-20(31)27-19/h2-8,14,24H,9-13H2,1H3,(H3,25,27,28,31,32)/t14-/m0/s1. The first-order chi connectivity index (χ1) is 16.1. The number of aromatic nitrogens is 3. The lowest BCUT2D eigenvalue weighted by atomic mass is 10.1. The highest BCUT2D eigenvalue weighted by molar-refractivity contribution is 5.99. The molecule has 2 amide bonds. The van der Waals surface area contributed by atoms with Gasteiger partial charge < -0.3 is 25.4 Å². The second-order valence-corrected chi connectivity index (χ2v) is 8.06. The van der Waals surface area contributed by atoms with Gasteiger partial charge in [0.05, 0.1) is 30.6 Å². The van der Waals surface area contributed by atoms with E-state index in [1.54, 1.807) is 12.1 Å². The van der Waals surface area contributed by atoms with Crippen molar-refractivity contribution in [3.63, 3.8) is 0 Å². The van der Waals surface area contributed by atoms with Crippen molar-refractivity contribution in [2.24, 2.45) is 0 Å². The van der Waals surface area contributed by atoms with E-state index < -0.39 is 6.03 Å². The second-order valence-electron chi connectivity index (χ2n) is 8.06. The van der Waals surface area contributed by atoms with E-state index in [1.165, 1.54) is 6.07 Å².